The van der Waals surface area contributed by atoms with Crippen molar-refractivity contribution in [3.63, 3.8) is 0 Å². The Morgan fingerprint density at radius 1 is 1.06 bits per heavy atom. The molecule has 2 aromatic rings. The molecule has 0 N–H and O–H groups in total. The molecule has 2 heterocycles. The van der Waals surface area contributed by atoms with Crippen molar-refractivity contribution < 1.29 is 17.7 Å². The predicted octanol–water partition coefficient (Wildman–Crippen LogP) is 4.56. The molecule has 2 fully saturated rings. The summed E-state index contributed by atoms with van der Waals surface area (Å²) in [5.74, 6) is 2.13. The average molecular weight is 462 g/mol. The lowest BCUT2D eigenvalue weighted by Gasteiger charge is -2.33. The van der Waals surface area contributed by atoms with Gasteiger partial charge in [-0.05, 0) is 68.1 Å². The maximum absolute atomic E-state index is 11.7. The van der Waals surface area contributed by atoms with Gasteiger partial charge in [0, 0.05) is 31.9 Å². The van der Waals surface area contributed by atoms with E-state index < -0.39 is 9.84 Å². The molecular weight excluding hydrogens is 426 g/mol. The molecule has 0 atom stereocenters. The topological polar surface area (TPSA) is 85.5 Å². The summed E-state index contributed by atoms with van der Waals surface area (Å²) in [4.78, 5) is 7.10. The van der Waals surface area contributed by atoms with Crippen LogP contribution in [-0.4, -0.2) is 50.6 Å². The largest absolute Gasteiger partial charge is 0.378 e. The number of anilines is 1. The monoisotopic (exact) mass is 461 g/mol. The standard InChI is InChI=1S/C24H35N3O4S/c1-17(2)23-25-24(31-26-23)27-14-12-18(13-15-27)16-30-21-8-4-19(5-9-21)20-6-10-22(11-7-20)32(3,28)29/h6-7,10-11,17-19,21H,4-5,8-9,12-16H2,1-3H3/t19-,21+. The van der Waals surface area contributed by atoms with Gasteiger partial charge in [0.2, 0.25) is 0 Å². The molecule has 1 saturated heterocycles. The molecule has 8 heteroatoms. The summed E-state index contributed by atoms with van der Waals surface area (Å²) in [6.07, 6.45) is 8.08. The Morgan fingerprint density at radius 3 is 2.28 bits per heavy atom. The second-order valence-electron chi connectivity index (χ2n) is 9.67. The van der Waals surface area contributed by atoms with Crippen LogP contribution in [0.2, 0.25) is 0 Å². The molecule has 32 heavy (non-hydrogen) atoms. The number of aromatic nitrogens is 2. The van der Waals surface area contributed by atoms with Gasteiger partial charge in [0.1, 0.15) is 0 Å². The van der Waals surface area contributed by atoms with E-state index in [1.807, 2.05) is 12.1 Å². The second kappa shape index (κ2) is 9.91. The van der Waals surface area contributed by atoms with Gasteiger partial charge in [0.05, 0.1) is 11.0 Å². The van der Waals surface area contributed by atoms with Gasteiger partial charge in [-0.3, -0.25) is 0 Å². The fourth-order valence-electron chi connectivity index (χ4n) is 4.70. The number of piperidine rings is 1. The molecule has 0 amide bonds. The highest BCUT2D eigenvalue weighted by Crippen LogP contribution is 2.35. The zero-order valence-electron chi connectivity index (χ0n) is 19.4. The van der Waals surface area contributed by atoms with Crippen molar-refractivity contribution in [2.24, 2.45) is 5.92 Å². The minimum absolute atomic E-state index is 0.278. The van der Waals surface area contributed by atoms with Gasteiger partial charge in [-0.15, -0.1) is 0 Å². The molecule has 1 aliphatic heterocycles. The summed E-state index contributed by atoms with van der Waals surface area (Å²) < 4.78 is 35.0. The van der Waals surface area contributed by atoms with E-state index in [9.17, 15) is 8.42 Å². The Morgan fingerprint density at radius 2 is 1.72 bits per heavy atom. The minimum atomic E-state index is -3.13. The quantitative estimate of drug-likeness (QED) is 0.598. The first-order valence-corrected chi connectivity index (χ1v) is 13.7. The van der Waals surface area contributed by atoms with Crippen molar-refractivity contribution in [1.82, 2.24) is 10.1 Å². The van der Waals surface area contributed by atoms with E-state index in [1.165, 1.54) is 11.8 Å². The number of rotatable bonds is 7. The molecule has 2 aliphatic rings. The Balaban J connectivity index is 1.18. The van der Waals surface area contributed by atoms with E-state index >= 15 is 0 Å². The van der Waals surface area contributed by atoms with Crippen LogP contribution >= 0.6 is 0 Å². The van der Waals surface area contributed by atoms with Gasteiger partial charge in [0.15, 0.2) is 15.7 Å². The van der Waals surface area contributed by atoms with E-state index in [0.717, 1.165) is 64.0 Å². The van der Waals surface area contributed by atoms with Crippen LogP contribution in [0, 0.1) is 5.92 Å². The lowest BCUT2D eigenvalue weighted by molar-refractivity contribution is 0.000442. The van der Waals surface area contributed by atoms with Crippen molar-refractivity contribution in [3.05, 3.63) is 35.7 Å². The van der Waals surface area contributed by atoms with Gasteiger partial charge in [-0.25, -0.2) is 8.42 Å². The lowest BCUT2D eigenvalue weighted by Crippen LogP contribution is -2.36. The summed E-state index contributed by atoms with van der Waals surface area (Å²) >= 11 is 0. The molecule has 1 aliphatic carbocycles. The van der Waals surface area contributed by atoms with Crippen LogP contribution in [0.1, 0.15) is 75.6 Å². The lowest BCUT2D eigenvalue weighted by atomic mass is 9.82. The van der Waals surface area contributed by atoms with E-state index in [2.05, 4.69) is 28.9 Å². The number of nitrogens with zero attached hydrogens (tertiary/aromatic N) is 3. The van der Waals surface area contributed by atoms with Crippen LogP contribution in [0.15, 0.2) is 33.7 Å². The molecule has 1 aromatic heterocycles. The molecule has 0 bridgehead atoms. The molecule has 0 unspecified atom stereocenters. The highest BCUT2D eigenvalue weighted by atomic mass is 32.2. The van der Waals surface area contributed by atoms with E-state index in [0.29, 0.717) is 28.8 Å². The predicted molar refractivity (Wildman–Crippen MR) is 124 cm³/mol. The maximum atomic E-state index is 11.7. The third kappa shape index (κ3) is 5.70. The zero-order valence-corrected chi connectivity index (χ0v) is 20.2. The third-order valence-corrected chi connectivity index (χ3v) is 7.98. The fourth-order valence-corrected chi connectivity index (χ4v) is 5.33. The molecule has 176 valence electrons. The zero-order chi connectivity index (χ0) is 22.7. The van der Waals surface area contributed by atoms with Crippen LogP contribution in [0.4, 0.5) is 6.01 Å². The third-order valence-electron chi connectivity index (χ3n) is 6.85. The number of sulfone groups is 1. The van der Waals surface area contributed by atoms with Crippen molar-refractivity contribution >= 4 is 15.9 Å². The molecule has 1 aromatic carbocycles. The number of hydrogen-bond donors (Lipinski definition) is 0. The molecule has 0 spiro atoms. The molecule has 7 nitrogen and oxygen atoms in total. The second-order valence-corrected chi connectivity index (χ2v) is 11.7. The van der Waals surface area contributed by atoms with Crippen molar-refractivity contribution in [2.45, 2.75) is 75.2 Å². The highest BCUT2D eigenvalue weighted by Gasteiger charge is 2.27. The summed E-state index contributed by atoms with van der Waals surface area (Å²) in [5.41, 5.74) is 1.24. The van der Waals surface area contributed by atoms with E-state index in [1.54, 1.807) is 12.1 Å². The van der Waals surface area contributed by atoms with Crippen molar-refractivity contribution in [3.8, 4) is 0 Å². The average Bonchev–Trinajstić information content (AvgIpc) is 3.29. The maximum Gasteiger partial charge on any atom is 0.324 e. The van der Waals surface area contributed by atoms with Gasteiger partial charge in [-0.2, -0.15) is 4.98 Å². The number of hydrogen-bond acceptors (Lipinski definition) is 7. The molecule has 1 saturated carbocycles. The highest BCUT2D eigenvalue weighted by molar-refractivity contribution is 7.90. The first-order valence-electron chi connectivity index (χ1n) is 11.8. The number of benzene rings is 1. The first-order chi connectivity index (χ1) is 15.3. The summed E-state index contributed by atoms with van der Waals surface area (Å²) in [7, 11) is -3.13. The van der Waals surface area contributed by atoms with Crippen LogP contribution in [0.3, 0.4) is 0 Å². The smallest absolute Gasteiger partial charge is 0.324 e. The summed E-state index contributed by atoms with van der Waals surface area (Å²) in [5, 5.41) is 4.07. The van der Waals surface area contributed by atoms with Gasteiger partial charge in [-0.1, -0.05) is 31.1 Å². The normalized spacial score (nSPS) is 23.1. The van der Waals surface area contributed by atoms with Crippen LogP contribution in [0.5, 0.6) is 0 Å². The fraction of sp³-hybridized carbons (Fsp3) is 0.667. The van der Waals surface area contributed by atoms with Gasteiger partial charge >= 0.3 is 6.01 Å². The summed E-state index contributed by atoms with van der Waals surface area (Å²) in [6, 6.07) is 8.07. The summed E-state index contributed by atoms with van der Waals surface area (Å²) in [6.45, 7) is 6.84. The van der Waals surface area contributed by atoms with E-state index in [4.69, 9.17) is 9.26 Å². The van der Waals surface area contributed by atoms with Crippen molar-refractivity contribution in [1.29, 1.82) is 0 Å². The van der Waals surface area contributed by atoms with E-state index in [-0.39, 0.29) is 5.92 Å². The molecule has 0 radical (unpaired) electrons. The first kappa shape index (κ1) is 23.2. The minimum Gasteiger partial charge on any atom is -0.378 e. The Bertz CT molecular complexity index is 971. The van der Waals surface area contributed by atoms with Crippen LogP contribution < -0.4 is 4.90 Å². The Kier molecular flexibility index (Phi) is 7.20. The van der Waals surface area contributed by atoms with Crippen molar-refractivity contribution in [2.75, 3.05) is 30.9 Å². The Labute approximate surface area is 191 Å². The SMILES string of the molecule is CC(C)c1noc(N2CCC(CO[C@H]3CC[C@@H](c4ccc(S(C)(=O)=O)cc4)CC3)CC2)n1. The Hall–Kier alpha value is -1.93. The van der Waals surface area contributed by atoms with Gasteiger partial charge in [0.25, 0.3) is 0 Å². The van der Waals surface area contributed by atoms with Gasteiger partial charge < -0.3 is 14.2 Å². The molecule has 4 rings (SSSR count). The van der Waals surface area contributed by atoms with Crippen LogP contribution in [0.25, 0.3) is 0 Å². The molecular formula is C24H35N3O4S. The number of ether oxygens (including phenoxy) is 1. The van der Waals surface area contributed by atoms with Crippen LogP contribution in [-0.2, 0) is 14.6 Å².